The summed E-state index contributed by atoms with van der Waals surface area (Å²) in [6.45, 7) is 1.63. The van der Waals surface area contributed by atoms with Crippen molar-refractivity contribution >= 4 is 5.52 Å². The van der Waals surface area contributed by atoms with E-state index in [1.54, 1.807) is 12.1 Å². The van der Waals surface area contributed by atoms with Crippen molar-refractivity contribution in [3.8, 4) is 5.75 Å². The van der Waals surface area contributed by atoms with Crippen LogP contribution in [0.1, 0.15) is 24.6 Å². The molecular formula is C12H14N2O2. The van der Waals surface area contributed by atoms with Gasteiger partial charge in [-0.05, 0) is 18.9 Å². The van der Waals surface area contributed by atoms with Crippen molar-refractivity contribution in [2.75, 3.05) is 13.2 Å². The van der Waals surface area contributed by atoms with E-state index in [4.69, 9.17) is 4.74 Å². The van der Waals surface area contributed by atoms with E-state index in [1.165, 1.54) is 0 Å². The molecule has 0 atom stereocenters. The van der Waals surface area contributed by atoms with Gasteiger partial charge in [-0.3, -0.25) is 0 Å². The van der Waals surface area contributed by atoms with Gasteiger partial charge in [0.05, 0.1) is 11.7 Å². The van der Waals surface area contributed by atoms with Gasteiger partial charge in [0.1, 0.15) is 11.6 Å². The quantitative estimate of drug-likeness (QED) is 0.795. The van der Waals surface area contributed by atoms with Crippen molar-refractivity contribution in [1.29, 1.82) is 0 Å². The summed E-state index contributed by atoms with van der Waals surface area (Å²) < 4.78 is 7.40. The zero-order valence-electron chi connectivity index (χ0n) is 8.97. The average molecular weight is 218 g/mol. The fourth-order valence-corrected chi connectivity index (χ4v) is 2.27. The second-order valence-electron chi connectivity index (χ2n) is 4.18. The van der Waals surface area contributed by atoms with Crippen molar-refractivity contribution in [3.63, 3.8) is 0 Å². The Hall–Kier alpha value is -1.55. The largest absolute Gasteiger partial charge is 0.508 e. The first-order chi connectivity index (χ1) is 7.84. The van der Waals surface area contributed by atoms with Crippen molar-refractivity contribution < 1.29 is 9.84 Å². The Labute approximate surface area is 93.5 Å². The highest BCUT2D eigenvalue weighted by molar-refractivity contribution is 5.50. The Bertz CT molecular complexity index is 501. The molecular weight excluding hydrogens is 204 g/mol. The molecule has 84 valence electrons. The molecule has 1 N–H and O–H groups in total. The van der Waals surface area contributed by atoms with E-state index in [1.807, 2.05) is 12.4 Å². The molecule has 2 aromatic heterocycles. The van der Waals surface area contributed by atoms with Gasteiger partial charge >= 0.3 is 0 Å². The lowest BCUT2D eigenvalue weighted by Crippen LogP contribution is -2.16. The lowest BCUT2D eigenvalue weighted by molar-refractivity contribution is 0.0835. The molecule has 0 saturated carbocycles. The fourth-order valence-electron chi connectivity index (χ4n) is 2.27. The summed E-state index contributed by atoms with van der Waals surface area (Å²) in [5.41, 5.74) is 0.946. The molecule has 16 heavy (non-hydrogen) atoms. The first kappa shape index (κ1) is 9.66. The standard InChI is InChI=1S/C12H14N2O2/c15-11-1-4-14-10(7-11)8-13-12(14)9-2-5-16-6-3-9/h1,4,7-9,15H,2-3,5-6H2. The molecule has 1 saturated heterocycles. The summed E-state index contributed by atoms with van der Waals surface area (Å²) in [7, 11) is 0. The fraction of sp³-hybridized carbons (Fsp3) is 0.417. The van der Waals surface area contributed by atoms with E-state index < -0.39 is 0 Å². The van der Waals surface area contributed by atoms with Crippen LogP contribution in [0, 0.1) is 0 Å². The molecule has 0 aromatic carbocycles. The molecule has 4 nitrogen and oxygen atoms in total. The third kappa shape index (κ3) is 1.55. The van der Waals surface area contributed by atoms with Gasteiger partial charge < -0.3 is 14.2 Å². The van der Waals surface area contributed by atoms with E-state index in [2.05, 4.69) is 9.38 Å². The smallest absolute Gasteiger partial charge is 0.119 e. The number of imidazole rings is 1. The van der Waals surface area contributed by atoms with Crippen LogP contribution in [0.5, 0.6) is 5.75 Å². The number of nitrogens with zero attached hydrogens (tertiary/aromatic N) is 2. The van der Waals surface area contributed by atoms with Crippen molar-refractivity contribution in [1.82, 2.24) is 9.38 Å². The predicted molar refractivity (Wildman–Crippen MR) is 59.7 cm³/mol. The summed E-state index contributed by atoms with van der Waals surface area (Å²) in [6, 6.07) is 3.42. The Morgan fingerprint density at radius 3 is 3.00 bits per heavy atom. The summed E-state index contributed by atoms with van der Waals surface area (Å²) in [4.78, 5) is 4.46. The van der Waals surface area contributed by atoms with Gasteiger partial charge in [0.25, 0.3) is 0 Å². The molecule has 1 aliphatic heterocycles. The Morgan fingerprint density at radius 2 is 2.19 bits per heavy atom. The highest BCUT2D eigenvalue weighted by Gasteiger charge is 2.20. The molecule has 0 amide bonds. The summed E-state index contributed by atoms with van der Waals surface area (Å²) in [5, 5.41) is 9.39. The number of pyridine rings is 1. The number of fused-ring (bicyclic) bond motifs is 1. The first-order valence-corrected chi connectivity index (χ1v) is 5.58. The summed E-state index contributed by atoms with van der Waals surface area (Å²) in [6.07, 6.45) is 5.74. The van der Waals surface area contributed by atoms with E-state index >= 15 is 0 Å². The molecule has 3 heterocycles. The van der Waals surface area contributed by atoms with Crippen LogP contribution in [0.25, 0.3) is 5.52 Å². The van der Waals surface area contributed by atoms with Gasteiger partial charge in [0.2, 0.25) is 0 Å². The zero-order chi connectivity index (χ0) is 11.0. The number of hydrogen-bond donors (Lipinski definition) is 1. The number of hydrogen-bond acceptors (Lipinski definition) is 3. The average Bonchev–Trinajstić information content (AvgIpc) is 2.73. The second-order valence-corrected chi connectivity index (χ2v) is 4.18. The van der Waals surface area contributed by atoms with Gasteiger partial charge in [0.15, 0.2) is 0 Å². The van der Waals surface area contributed by atoms with Gasteiger partial charge in [0, 0.05) is 31.4 Å². The molecule has 3 rings (SSSR count). The molecule has 1 fully saturated rings. The van der Waals surface area contributed by atoms with Gasteiger partial charge in [-0.25, -0.2) is 4.98 Å². The lowest BCUT2D eigenvalue weighted by Gasteiger charge is -2.20. The van der Waals surface area contributed by atoms with Crippen molar-refractivity contribution in [2.45, 2.75) is 18.8 Å². The van der Waals surface area contributed by atoms with Crippen LogP contribution in [-0.2, 0) is 4.74 Å². The monoisotopic (exact) mass is 218 g/mol. The van der Waals surface area contributed by atoms with Crippen LogP contribution in [0.3, 0.4) is 0 Å². The Morgan fingerprint density at radius 1 is 1.38 bits per heavy atom. The van der Waals surface area contributed by atoms with Crippen LogP contribution in [0.4, 0.5) is 0 Å². The second kappa shape index (κ2) is 3.79. The number of ether oxygens (including phenoxy) is 1. The van der Waals surface area contributed by atoms with Gasteiger partial charge in [-0.2, -0.15) is 0 Å². The first-order valence-electron chi connectivity index (χ1n) is 5.58. The molecule has 0 bridgehead atoms. The minimum atomic E-state index is 0.283. The number of rotatable bonds is 1. The van der Waals surface area contributed by atoms with Crippen LogP contribution in [0.2, 0.25) is 0 Å². The topological polar surface area (TPSA) is 46.8 Å². The molecule has 2 aromatic rings. The minimum Gasteiger partial charge on any atom is -0.508 e. The van der Waals surface area contributed by atoms with E-state index in [0.717, 1.165) is 37.4 Å². The SMILES string of the molecule is Oc1ccn2c(C3CCOCC3)ncc2c1. The maximum atomic E-state index is 9.39. The Kier molecular flexibility index (Phi) is 2.29. The third-order valence-electron chi connectivity index (χ3n) is 3.13. The minimum absolute atomic E-state index is 0.283. The summed E-state index contributed by atoms with van der Waals surface area (Å²) >= 11 is 0. The molecule has 0 aliphatic carbocycles. The maximum absolute atomic E-state index is 9.39. The van der Waals surface area contributed by atoms with E-state index in [-0.39, 0.29) is 5.75 Å². The van der Waals surface area contributed by atoms with E-state index in [9.17, 15) is 5.11 Å². The molecule has 4 heteroatoms. The van der Waals surface area contributed by atoms with Crippen LogP contribution in [-0.4, -0.2) is 27.7 Å². The lowest BCUT2D eigenvalue weighted by atomic mass is 10.00. The number of aromatic hydroxyl groups is 1. The molecule has 0 unspecified atom stereocenters. The van der Waals surface area contributed by atoms with Crippen molar-refractivity contribution in [3.05, 3.63) is 30.4 Å². The van der Waals surface area contributed by atoms with Crippen LogP contribution >= 0.6 is 0 Å². The molecule has 0 spiro atoms. The maximum Gasteiger partial charge on any atom is 0.119 e. The normalized spacial score (nSPS) is 18.0. The van der Waals surface area contributed by atoms with Crippen LogP contribution in [0.15, 0.2) is 24.5 Å². The highest BCUT2D eigenvalue weighted by atomic mass is 16.5. The van der Waals surface area contributed by atoms with E-state index in [0.29, 0.717) is 5.92 Å². The zero-order valence-corrected chi connectivity index (χ0v) is 8.97. The molecule has 0 radical (unpaired) electrons. The van der Waals surface area contributed by atoms with Crippen molar-refractivity contribution in [2.24, 2.45) is 0 Å². The Balaban J connectivity index is 2.03. The third-order valence-corrected chi connectivity index (χ3v) is 3.13. The molecule has 1 aliphatic rings. The van der Waals surface area contributed by atoms with Gasteiger partial charge in [-0.1, -0.05) is 0 Å². The summed E-state index contributed by atoms with van der Waals surface area (Å²) in [5.74, 6) is 1.84. The van der Waals surface area contributed by atoms with Gasteiger partial charge in [-0.15, -0.1) is 0 Å². The number of aromatic nitrogens is 2. The predicted octanol–water partition coefficient (Wildman–Crippen LogP) is 1.93. The highest BCUT2D eigenvalue weighted by Crippen LogP contribution is 2.27. The van der Waals surface area contributed by atoms with Crippen LogP contribution < -0.4 is 0 Å².